The molecule has 0 aromatic carbocycles. The van der Waals surface area contributed by atoms with Crippen molar-refractivity contribution in [3.63, 3.8) is 0 Å². The maximum absolute atomic E-state index is 5.48. The van der Waals surface area contributed by atoms with Gasteiger partial charge in [0, 0.05) is 19.7 Å². The van der Waals surface area contributed by atoms with Crippen molar-refractivity contribution in [2.45, 2.75) is 19.1 Å². The van der Waals surface area contributed by atoms with Crippen LogP contribution >= 0.6 is 0 Å². The summed E-state index contributed by atoms with van der Waals surface area (Å²) < 4.78 is 4.90. The van der Waals surface area contributed by atoms with Gasteiger partial charge in [-0.1, -0.05) is 0 Å². The first-order valence-corrected chi connectivity index (χ1v) is 2.70. The van der Waals surface area contributed by atoms with E-state index in [1.54, 1.807) is 7.11 Å². The lowest BCUT2D eigenvalue weighted by molar-refractivity contribution is 0.0978. The Labute approximate surface area is 50.0 Å². The fourth-order valence-corrected chi connectivity index (χ4v) is 0.366. The summed E-state index contributed by atoms with van der Waals surface area (Å²) in [6, 6.07) is -0.0278. The summed E-state index contributed by atoms with van der Waals surface area (Å²) in [6.45, 7) is 2.38. The molecule has 3 heteroatoms. The third-order valence-corrected chi connectivity index (χ3v) is 1.25. The maximum Gasteiger partial charge on any atom is 0.0706 e. The van der Waals surface area contributed by atoms with Crippen LogP contribution in [0.4, 0.5) is 0 Å². The van der Waals surface area contributed by atoms with E-state index in [9.17, 15) is 0 Å². The van der Waals surface area contributed by atoms with Crippen LogP contribution in [0.2, 0.25) is 0 Å². The molecule has 0 radical (unpaired) electrons. The Morgan fingerprint density at radius 1 is 1.62 bits per heavy atom. The Kier molecular flexibility index (Phi) is 3.77. The van der Waals surface area contributed by atoms with Crippen molar-refractivity contribution in [2.75, 3.05) is 13.7 Å². The van der Waals surface area contributed by atoms with Crippen molar-refractivity contribution in [1.29, 1.82) is 0 Å². The van der Waals surface area contributed by atoms with E-state index in [0.29, 0.717) is 6.54 Å². The van der Waals surface area contributed by atoms with Crippen LogP contribution < -0.4 is 11.5 Å². The van der Waals surface area contributed by atoms with Crippen LogP contribution in [-0.2, 0) is 4.74 Å². The molecule has 2 atom stereocenters. The van der Waals surface area contributed by atoms with E-state index in [1.807, 2.05) is 6.92 Å². The van der Waals surface area contributed by atoms with Crippen molar-refractivity contribution < 1.29 is 4.74 Å². The standard InChI is InChI=1S/C5H14N2O/c1-4(8-2)5(7)3-6/h4-5H,3,6-7H2,1-2H3/t4-,5-/m1/s1. The maximum atomic E-state index is 5.48. The van der Waals surface area contributed by atoms with Gasteiger partial charge in [-0.25, -0.2) is 0 Å². The Balaban J connectivity index is 3.29. The highest BCUT2D eigenvalue weighted by Gasteiger charge is 2.07. The Morgan fingerprint density at radius 2 is 2.12 bits per heavy atom. The number of hydrogen-bond donors (Lipinski definition) is 2. The molecule has 0 saturated heterocycles. The summed E-state index contributed by atoms with van der Waals surface area (Å²) in [4.78, 5) is 0. The van der Waals surface area contributed by atoms with Crippen LogP contribution in [0.25, 0.3) is 0 Å². The predicted octanol–water partition coefficient (Wildman–Crippen LogP) is -0.693. The van der Waals surface area contributed by atoms with Crippen molar-refractivity contribution in [2.24, 2.45) is 11.5 Å². The summed E-state index contributed by atoms with van der Waals surface area (Å²) in [5, 5.41) is 0. The van der Waals surface area contributed by atoms with Gasteiger partial charge in [0.2, 0.25) is 0 Å². The quantitative estimate of drug-likeness (QED) is 0.515. The summed E-state index contributed by atoms with van der Waals surface area (Å²) in [7, 11) is 1.63. The predicted molar refractivity (Wildman–Crippen MR) is 33.5 cm³/mol. The molecule has 0 aromatic heterocycles. The molecule has 0 aromatic rings. The first-order chi connectivity index (χ1) is 3.72. The molecule has 0 rings (SSSR count). The van der Waals surface area contributed by atoms with Crippen LogP contribution in [-0.4, -0.2) is 25.8 Å². The van der Waals surface area contributed by atoms with Gasteiger partial charge in [-0.15, -0.1) is 0 Å². The summed E-state index contributed by atoms with van der Waals surface area (Å²) in [5.74, 6) is 0. The zero-order valence-corrected chi connectivity index (χ0v) is 5.42. The number of ether oxygens (including phenoxy) is 1. The lowest BCUT2D eigenvalue weighted by atomic mass is 10.2. The largest absolute Gasteiger partial charge is 0.380 e. The molecular formula is C5H14N2O. The molecule has 0 spiro atoms. The molecule has 50 valence electrons. The van der Waals surface area contributed by atoms with E-state index in [-0.39, 0.29) is 12.1 Å². The van der Waals surface area contributed by atoms with Gasteiger partial charge < -0.3 is 16.2 Å². The molecule has 0 bridgehead atoms. The molecule has 0 unspecified atom stereocenters. The number of rotatable bonds is 3. The van der Waals surface area contributed by atoms with Crippen LogP contribution in [0, 0.1) is 0 Å². The van der Waals surface area contributed by atoms with E-state index >= 15 is 0 Å². The summed E-state index contributed by atoms with van der Waals surface area (Å²) in [5.41, 5.74) is 10.7. The second-order valence-corrected chi connectivity index (χ2v) is 1.84. The number of methoxy groups -OCH3 is 1. The van der Waals surface area contributed by atoms with Crippen molar-refractivity contribution in [3.8, 4) is 0 Å². The van der Waals surface area contributed by atoms with Gasteiger partial charge >= 0.3 is 0 Å². The molecule has 0 aliphatic rings. The van der Waals surface area contributed by atoms with Gasteiger partial charge in [0.25, 0.3) is 0 Å². The fraction of sp³-hybridized carbons (Fsp3) is 1.00. The molecule has 0 aliphatic carbocycles. The average molecular weight is 118 g/mol. The molecule has 3 nitrogen and oxygen atoms in total. The van der Waals surface area contributed by atoms with Gasteiger partial charge in [-0.3, -0.25) is 0 Å². The topological polar surface area (TPSA) is 61.3 Å². The lowest BCUT2D eigenvalue weighted by Crippen LogP contribution is -2.40. The molecule has 0 amide bonds. The van der Waals surface area contributed by atoms with E-state index in [4.69, 9.17) is 16.2 Å². The minimum absolute atomic E-state index is 0.0278. The smallest absolute Gasteiger partial charge is 0.0706 e. The van der Waals surface area contributed by atoms with Gasteiger partial charge in [0.1, 0.15) is 0 Å². The minimum atomic E-state index is -0.0278. The zero-order valence-electron chi connectivity index (χ0n) is 5.42. The molecular weight excluding hydrogens is 104 g/mol. The number of hydrogen-bond acceptors (Lipinski definition) is 3. The van der Waals surface area contributed by atoms with Gasteiger partial charge in [-0.2, -0.15) is 0 Å². The van der Waals surface area contributed by atoms with E-state index < -0.39 is 0 Å². The van der Waals surface area contributed by atoms with E-state index in [0.717, 1.165) is 0 Å². The van der Waals surface area contributed by atoms with Crippen LogP contribution in [0.15, 0.2) is 0 Å². The van der Waals surface area contributed by atoms with Gasteiger partial charge in [0.15, 0.2) is 0 Å². The first-order valence-electron chi connectivity index (χ1n) is 2.70. The third kappa shape index (κ3) is 2.26. The van der Waals surface area contributed by atoms with Crippen LogP contribution in [0.1, 0.15) is 6.92 Å². The Morgan fingerprint density at radius 3 is 2.25 bits per heavy atom. The zero-order chi connectivity index (χ0) is 6.57. The van der Waals surface area contributed by atoms with Crippen LogP contribution in [0.3, 0.4) is 0 Å². The summed E-state index contributed by atoms with van der Waals surface area (Å²) in [6.07, 6.45) is 0.0694. The second kappa shape index (κ2) is 3.83. The Hall–Kier alpha value is -0.120. The highest BCUT2D eigenvalue weighted by atomic mass is 16.5. The van der Waals surface area contributed by atoms with Crippen molar-refractivity contribution >= 4 is 0 Å². The molecule has 0 heterocycles. The fourth-order valence-electron chi connectivity index (χ4n) is 0.366. The minimum Gasteiger partial charge on any atom is -0.380 e. The van der Waals surface area contributed by atoms with Crippen molar-refractivity contribution in [1.82, 2.24) is 0 Å². The summed E-state index contributed by atoms with van der Waals surface area (Å²) >= 11 is 0. The monoisotopic (exact) mass is 118 g/mol. The molecule has 0 fully saturated rings. The molecule has 0 saturated carbocycles. The third-order valence-electron chi connectivity index (χ3n) is 1.25. The normalized spacial score (nSPS) is 18.0. The average Bonchev–Trinajstić information content (AvgIpc) is 1.84. The molecule has 4 N–H and O–H groups in total. The van der Waals surface area contributed by atoms with Gasteiger partial charge in [0.05, 0.1) is 6.10 Å². The van der Waals surface area contributed by atoms with Crippen LogP contribution in [0.5, 0.6) is 0 Å². The molecule has 0 aliphatic heterocycles. The first kappa shape index (κ1) is 7.88. The highest BCUT2D eigenvalue weighted by Crippen LogP contribution is 1.89. The second-order valence-electron chi connectivity index (χ2n) is 1.84. The highest BCUT2D eigenvalue weighted by molar-refractivity contribution is 4.68. The Bertz CT molecular complexity index is 50.4. The van der Waals surface area contributed by atoms with E-state index in [2.05, 4.69) is 0 Å². The molecule has 8 heavy (non-hydrogen) atoms. The van der Waals surface area contributed by atoms with Gasteiger partial charge in [-0.05, 0) is 6.92 Å². The van der Waals surface area contributed by atoms with E-state index in [1.165, 1.54) is 0 Å². The number of nitrogens with two attached hydrogens (primary N) is 2. The lowest BCUT2D eigenvalue weighted by Gasteiger charge is -2.15. The SMILES string of the molecule is CO[C@H](C)[C@H](N)CN. The van der Waals surface area contributed by atoms with Crippen molar-refractivity contribution in [3.05, 3.63) is 0 Å².